The van der Waals surface area contributed by atoms with Crippen molar-refractivity contribution >= 4 is 21.4 Å². The zero-order chi connectivity index (χ0) is 48.0. The summed E-state index contributed by atoms with van der Waals surface area (Å²) < 4.78 is 21.2. The monoisotopic (exact) mass is 969 g/mol. The zero-order valence-electron chi connectivity index (χ0n) is 46.3. The van der Waals surface area contributed by atoms with Crippen LogP contribution in [0.15, 0.2) is 0 Å². The summed E-state index contributed by atoms with van der Waals surface area (Å²) in [6.07, 6.45) is 58.5. The predicted octanol–water partition coefficient (Wildman–Crippen LogP) is 19.4. The maximum Gasteiger partial charge on any atom is 0.501 e. The van der Waals surface area contributed by atoms with Crippen molar-refractivity contribution in [2.45, 2.75) is 317 Å². The van der Waals surface area contributed by atoms with Crippen molar-refractivity contribution in [1.82, 2.24) is 9.80 Å². The third-order valence-corrected chi connectivity index (χ3v) is 17.4. The Balaban J connectivity index is 5.69. The van der Waals surface area contributed by atoms with Crippen LogP contribution in [0.1, 0.15) is 311 Å². The fourth-order valence-corrected chi connectivity index (χ4v) is 12.7. The Morgan fingerprint density at radius 2 is 0.485 bits per heavy atom. The van der Waals surface area contributed by atoms with Gasteiger partial charge in [0.15, 0.2) is 0 Å². The Labute approximate surface area is 424 Å². The minimum absolute atomic E-state index is 0.727. The second-order valence-corrected chi connectivity index (χ2v) is 24.0. The molecule has 0 amide bonds. The third-order valence-electron chi connectivity index (χ3n) is 14.2. The van der Waals surface area contributed by atoms with E-state index in [0.29, 0.717) is 0 Å². The van der Waals surface area contributed by atoms with E-state index in [0.717, 1.165) is 57.5 Å². The number of nitrogens with zero attached hydrogens (tertiary/aromatic N) is 2. The molecular weight excluding hydrogens is 845 g/mol. The van der Waals surface area contributed by atoms with E-state index in [4.69, 9.17) is 25.9 Å². The van der Waals surface area contributed by atoms with E-state index in [1.165, 1.54) is 289 Å². The summed E-state index contributed by atoms with van der Waals surface area (Å²) in [4.78, 5) is 5.48. The number of hydrogen-bond acceptors (Lipinski definition) is 6. The van der Waals surface area contributed by atoms with E-state index >= 15 is 0 Å². The van der Waals surface area contributed by atoms with Crippen molar-refractivity contribution < 1.29 is 13.3 Å². The van der Waals surface area contributed by atoms with Crippen LogP contribution in [0.3, 0.4) is 0 Å². The van der Waals surface area contributed by atoms with Crippen LogP contribution in [-0.2, 0) is 13.3 Å². The lowest BCUT2D eigenvalue weighted by atomic mass is 10.1. The highest BCUT2D eigenvalue weighted by Gasteiger charge is 2.41. The highest BCUT2D eigenvalue weighted by Crippen LogP contribution is 2.22. The molecule has 0 saturated heterocycles. The molecule has 0 aliphatic heterocycles. The lowest BCUT2D eigenvalue weighted by Crippen LogP contribution is -2.49. The van der Waals surface area contributed by atoms with Gasteiger partial charge in [-0.1, -0.05) is 272 Å². The predicted molar refractivity (Wildman–Crippen MR) is 302 cm³/mol. The van der Waals surface area contributed by atoms with Crippen LogP contribution in [0.4, 0.5) is 0 Å². The van der Waals surface area contributed by atoms with Gasteiger partial charge < -0.3 is 23.1 Å². The van der Waals surface area contributed by atoms with Crippen LogP contribution in [0.2, 0.25) is 6.04 Å². The lowest BCUT2D eigenvalue weighted by Gasteiger charge is -2.32. The number of hydrogen-bond donors (Lipinski definition) is 1. The first-order chi connectivity index (χ1) is 32.6. The van der Waals surface area contributed by atoms with Gasteiger partial charge in [0.2, 0.25) is 0 Å². The van der Waals surface area contributed by atoms with Gasteiger partial charge in [0, 0.05) is 25.7 Å². The van der Waals surface area contributed by atoms with Crippen LogP contribution in [-0.4, -0.2) is 83.4 Å². The molecule has 0 rings (SSSR count). The van der Waals surface area contributed by atoms with Crippen molar-refractivity contribution in [3.63, 3.8) is 0 Å². The largest absolute Gasteiger partial charge is 0.501 e. The van der Waals surface area contributed by atoms with Crippen LogP contribution < -0.4 is 0 Å². The van der Waals surface area contributed by atoms with Gasteiger partial charge in [-0.3, -0.25) is 0 Å². The second kappa shape index (κ2) is 56.3. The normalized spacial score (nSPS) is 12.2. The summed E-state index contributed by atoms with van der Waals surface area (Å²) in [6.45, 7) is 20.6. The molecule has 0 radical (unpaired) electrons. The molecule has 0 aromatic heterocycles. The van der Waals surface area contributed by atoms with E-state index in [-0.39, 0.29) is 0 Å². The molecule has 0 bridgehead atoms. The molecule has 0 aromatic rings. The summed E-state index contributed by atoms with van der Waals surface area (Å²) in [5.41, 5.74) is 0. The molecule has 0 aromatic carbocycles. The molecule has 0 aliphatic rings. The van der Waals surface area contributed by atoms with Gasteiger partial charge >= 0.3 is 8.80 Å². The standard InChI is InChI=1S/C59H124N2O3SSi/c1-6-11-16-21-26-31-32-37-42-47-55-62-66(59-48-58-65,63-56-53-60(49-43-38-33-27-22-17-12-7-2)50-44-39-34-28-23-18-13-8-3)64-57-54-61(51-45-40-35-29-24-19-14-9-4)52-46-41-36-30-25-20-15-10-5/h65H,6-59H2,1-5H3. The molecule has 7 heteroatoms. The van der Waals surface area contributed by atoms with Gasteiger partial charge in [0.05, 0.1) is 13.2 Å². The highest BCUT2D eigenvalue weighted by molar-refractivity contribution is 7.80. The second-order valence-electron chi connectivity index (χ2n) is 20.8. The Morgan fingerprint density at radius 3 is 0.742 bits per heavy atom. The fourth-order valence-electron chi connectivity index (χ4n) is 9.66. The topological polar surface area (TPSA) is 34.2 Å². The molecule has 5 nitrogen and oxygen atoms in total. The van der Waals surface area contributed by atoms with Gasteiger partial charge in [0.1, 0.15) is 0 Å². The minimum atomic E-state index is -2.89. The number of rotatable bonds is 59. The number of thiol groups is 1. The van der Waals surface area contributed by atoms with Gasteiger partial charge in [-0.25, -0.2) is 0 Å². The van der Waals surface area contributed by atoms with E-state index in [9.17, 15) is 0 Å². The summed E-state index contributed by atoms with van der Waals surface area (Å²) in [5, 5.41) is 0. The maximum absolute atomic E-state index is 7.11. The Bertz CT molecular complexity index is 796. The molecule has 398 valence electrons. The van der Waals surface area contributed by atoms with Crippen molar-refractivity contribution in [2.75, 3.05) is 64.8 Å². The first-order valence-corrected chi connectivity index (χ1v) is 33.1. The summed E-state index contributed by atoms with van der Waals surface area (Å²) in [7, 11) is -2.89. The van der Waals surface area contributed by atoms with Gasteiger partial charge in [-0.2, -0.15) is 12.6 Å². The van der Waals surface area contributed by atoms with Crippen LogP contribution in [0.25, 0.3) is 0 Å². The van der Waals surface area contributed by atoms with Crippen molar-refractivity contribution in [2.24, 2.45) is 0 Å². The first kappa shape index (κ1) is 66.4. The quantitative estimate of drug-likeness (QED) is 0.0373. The summed E-state index contributed by atoms with van der Waals surface area (Å²) in [6, 6.07) is 0.889. The molecule has 0 saturated carbocycles. The first-order valence-electron chi connectivity index (χ1n) is 30.6. The minimum Gasteiger partial charge on any atom is -0.373 e. The average molecular weight is 970 g/mol. The number of unbranched alkanes of at least 4 members (excludes halogenated alkanes) is 37. The van der Waals surface area contributed by atoms with Crippen LogP contribution >= 0.6 is 12.6 Å². The smallest absolute Gasteiger partial charge is 0.373 e. The van der Waals surface area contributed by atoms with Crippen molar-refractivity contribution in [3.05, 3.63) is 0 Å². The summed E-state index contributed by atoms with van der Waals surface area (Å²) >= 11 is 4.72. The highest BCUT2D eigenvalue weighted by atomic mass is 32.1. The van der Waals surface area contributed by atoms with E-state index in [1.807, 2.05) is 0 Å². The lowest BCUT2D eigenvalue weighted by molar-refractivity contribution is 0.0428. The summed E-state index contributed by atoms with van der Waals surface area (Å²) in [5.74, 6) is 0.856. The van der Waals surface area contributed by atoms with Gasteiger partial charge in [-0.15, -0.1) is 0 Å². The Morgan fingerprint density at radius 1 is 0.258 bits per heavy atom. The van der Waals surface area contributed by atoms with E-state index < -0.39 is 8.80 Å². The molecule has 0 N–H and O–H groups in total. The van der Waals surface area contributed by atoms with Crippen LogP contribution in [0, 0.1) is 0 Å². The zero-order valence-corrected chi connectivity index (χ0v) is 48.1. The molecule has 0 heterocycles. The van der Waals surface area contributed by atoms with Crippen LogP contribution in [0.5, 0.6) is 0 Å². The van der Waals surface area contributed by atoms with Gasteiger partial charge in [0.25, 0.3) is 0 Å². The fraction of sp³-hybridized carbons (Fsp3) is 1.00. The third kappa shape index (κ3) is 48.0. The molecule has 0 fully saturated rings. The molecule has 66 heavy (non-hydrogen) atoms. The van der Waals surface area contributed by atoms with Gasteiger partial charge in [-0.05, 0) is 70.5 Å². The Hall–Kier alpha value is 0.367. The van der Waals surface area contributed by atoms with E-state index in [2.05, 4.69) is 44.4 Å². The van der Waals surface area contributed by atoms with Crippen molar-refractivity contribution in [3.8, 4) is 0 Å². The SMILES string of the molecule is CCCCCCCCCCCCO[Si](CCCS)(OCCN(CCCCCCCCCC)CCCCCCCCCC)OCCN(CCCCCCCCCC)CCCCCCCCCC. The Kier molecular flexibility index (Phi) is 56.6. The molecule has 0 atom stereocenters. The average Bonchev–Trinajstić information content (AvgIpc) is 3.32. The molecule has 0 aliphatic carbocycles. The maximum atomic E-state index is 7.11. The van der Waals surface area contributed by atoms with Crippen molar-refractivity contribution in [1.29, 1.82) is 0 Å². The molecular formula is C59H124N2O3SSi. The molecule has 0 unspecified atom stereocenters. The molecule has 0 spiro atoms. The van der Waals surface area contributed by atoms with E-state index in [1.54, 1.807) is 0 Å².